The minimum atomic E-state index is 0.637. The Bertz CT molecular complexity index is 3310. The van der Waals surface area contributed by atoms with E-state index in [-0.39, 0.29) is 0 Å². The molecule has 6 heterocycles. The molecule has 8 heteroatoms. The molecule has 0 amide bonds. The van der Waals surface area contributed by atoms with Crippen molar-refractivity contribution >= 4 is 0 Å². The Morgan fingerprint density at radius 2 is 0.361 bits per heavy atom. The molecule has 0 aliphatic carbocycles. The van der Waals surface area contributed by atoms with Crippen molar-refractivity contribution in [2.24, 2.45) is 0 Å². The summed E-state index contributed by atoms with van der Waals surface area (Å²) < 4.78 is 0. The second-order valence-corrected chi connectivity index (χ2v) is 17.2. The van der Waals surface area contributed by atoms with Crippen molar-refractivity contribution in [3.05, 3.63) is 255 Å². The lowest BCUT2D eigenvalue weighted by Crippen LogP contribution is -1.96. The van der Waals surface area contributed by atoms with Gasteiger partial charge in [0.1, 0.15) is 0 Å². The summed E-state index contributed by atoms with van der Waals surface area (Å²) >= 11 is 0. The first-order chi connectivity index (χ1) is 35.6. The maximum Gasteiger partial charge on any atom is 0.160 e. The smallest absolute Gasteiger partial charge is 0.160 e. The van der Waals surface area contributed by atoms with Gasteiger partial charge < -0.3 is 0 Å². The molecule has 0 spiro atoms. The molecule has 0 atom stereocenters. The Morgan fingerprint density at radius 3 is 0.569 bits per heavy atom. The van der Waals surface area contributed by atoms with Gasteiger partial charge in [0.25, 0.3) is 0 Å². The summed E-state index contributed by atoms with van der Waals surface area (Å²) in [6, 6.07) is 78.3. The average Bonchev–Trinajstić information content (AvgIpc) is 3.48. The van der Waals surface area contributed by atoms with Crippen molar-refractivity contribution in [1.82, 2.24) is 39.9 Å². The zero-order chi connectivity index (χ0) is 48.1. The van der Waals surface area contributed by atoms with Crippen LogP contribution in [0.5, 0.6) is 0 Å². The van der Waals surface area contributed by atoms with Crippen LogP contribution in [0.3, 0.4) is 0 Å². The highest BCUT2D eigenvalue weighted by molar-refractivity contribution is 5.78. The first-order valence-corrected chi connectivity index (χ1v) is 23.7. The maximum atomic E-state index is 5.15. The molecular weight excluding hydrogens is 881 g/mol. The van der Waals surface area contributed by atoms with Gasteiger partial charge in [-0.15, -0.1) is 0 Å². The van der Waals surface area contributed by atoms with Crippen LogP contribution < -0.4 is 0 Å². The third-order valence-corrected chi connectivity index (χ3v) is 12.6. The lowest BCUT2D eigenvalue weighted by Gasteiger charge is -2.12. The first kappa shape index (κ1) is 43.4. The fraction of sp³-hybridized carbons (Fsp3) is 0. The molecule has 338 valence electrons. The molecule has 0 aliphatic heterocycles. The van der Waals surface area contributed by atoms with Crippen LogP contribution in [0.25, 0.3) is 124 Å². The zero-order valence-electron chi connectivity index (χ0n) is 38.8. The molecule has 0 N–H and O–H groups in total. The number of aromatic nitrogens is 8. The molecule has 0 unspecified atom stereocenters. The monoisotopic (exact) mass is 922 g/mol. The number of nitrogens with zero attached hydrogens (tertiary/aromatic N) is 8. The molecule has 0 radical (unpaired) electrons. The van der Waals surface area contributed by atoms with Crippen molar-refractivity contribution in [1.29, 1.82) is 0 Å². The molecule has 0 saturated heterocycles. The molecule has 0 fully saturated rings. The predicted molar refractivity (Wildman–Crippen MR) is 289 cm³/mol. The van der Waals surface area contributed by atoms with E-state index in [2.05, 4.69) is 178 Å². The molecule has 12 aromatic rings. The molecule has 12 rings (SSSR count). The summed E-state index contributed by atoms with van der Waals surface area (Å²) in [6.07, 6.45) is 7.25. The normalized spacial score (nSPS) is 11.1. The lowest BCUT2D eigenvalue weighted by molar-refractivity contribution is 1.18. The molecule has 72 heavy (non-hydrogen) atoms. The highest BCUT2D eigenvalue weighted by atomic mass is 14.9. The Labute approximate surface area is 417 Å². The van der Waals surface area contributed by atoms with E-state index >= 15 is 0 Å². The fourth-order valence-corrected chi connectivity index (χ4v) is 8.75. The Morgan fingerprint density at radius 1 is 0.167 bits per heavy atom. The summed E-state index contributed by atoms with van der Waals surface area (Å²) in [7, 11) is 0. The molecule has 0 aliphatic rings. The molecular formula is C64H42N8. The van der Waals surface area contributed by atoms with Crippen LogP contribution in [0.2, 0.25) is 0 Å². The third-order valence-electron chi connectivity index (χ3n) is 12.6. The maximum absolute atomic E-state index is 5.15. The van der Waals surface area contributed by atoms with Gasteiger partial charge in [-0.2, -0.15) is 0 Å². The van der Waals surface area contributed by atoms with E-state index in [9.17, 15) is 0 Å². The van der Waals surface area contributed by atoms with Gasteiger partial charge in [-0.3, -0.25) is 19.9 Å². The molecule has 6 aromatic heterocycles. The van der Waals surface area contributed by atoms with E-state index in [4.69, 9.17) is 19.9 Å². The standard InChI is InChI=1S/C64H42N8/c1-5-37-65-55(9-1)45-17-25-49(26-18-45)59-41-60(50-27-19-46(20-28-50)56-10-2-6-38-66-56)70-63(69-59)53-33-13-43(14-34-53)44-15-35-54(36-16-44)64-71-61(51-29-21-47(22-30-51)57-11-3-7-39-67-57)42-62(72-64)52-31-23-48(24-32-52)58-12-4-8-40-68-58/h1-42H. The van der Waals surface area contributed by atoms with E-state index in [0.717, 1.165) is 112 Å². The van der Waals surface area contributed by atoms with Gasteiger partial charge in [0.15, 0.2) is 11.6 Å². The average molecular weight is 923 g/mol. The van der Waals surface area contributed by atoms with Gasteiger partial charge in [0.05, 0.1) is 45.6 Å². The van der Waals surface area contributed by atoms with Gasteiger partial charge >= 0.3 is 0 Å². The second kappa shape index (κ2) is 19.6. The van der Waals surface area contributed by atoms with Gasteiger partial charge in [-0.1, -0.05) is 170 Å². The van der Waals surface area contributed by atoms with Gasteiger partial charge in [0, 0.05) is 80.4 Å². The number of benzene rings is 6. The number of hydrogen-bond acceptors (Lipinski definition) is 8. The van der Waals surface area contributed by atoms with E-state index in [1.807, 2.05) is 97.6 Å². The van der Waals surface area contributed by atoms with Crippen LogP contribution in [-0.4, -0.2) is 39.9 Å². The lowest BCUT2D eigenvalue weighted by atomic mass is 10.0. The van der Waals surface area contributed by atoms with E-state index in [0.29, 0.717) is 11.6 Å². The minimum Gasteiger partial charge on any atom is -0.256 e. The predicted octanol–water partition coefficient (Wildman–Crippen LogP) is 15.2. The Kier molecular flexibility index (Phi) is 11.8. The fourth-order valence-electron chi connectivity index (χ4n) is 8.75. The SMILES string of the molecule is c1ccc(-c2ccc(-c3cc(-c4ccc(-c5ccccn5)cc4)nc(-c4ccc(-c5ccc(-c6nc(-c7ccc(-c8ccccn8)cc7)cc(-c7ccc(-c8ccccn8)cc7)n6)cc5)cc4)n3)cc2)nc1. The van der Waals surface area contributed by atoms with Crippen LogP contribution in [0.15, 0.2) is 255 Å². The summed E-state index contributed by atoms with van der Waals surface area (Å²) in [5.74, 6) is 1.27. The van der Waals surface area contributed by atoms with Crippen molar-refractivity contribution in [3.8, 4) is 124 Å². The second-order valence-electron chi connectivity index (χ2n) is 17.2. The van der Waals surface area contributed by atoms with Crippen molar-refractivity contribution in [2.45, 2.75) is 0 Å². The van der Waals surface area contributed by atoms with Crippen LogP contribution >= 0.6 is 0 Å². The van der Waals surface area contributed by atoms with Crippen LogP contribution in [0.4, 0.5) is 0 Å². The van der Waals surface area contributed by atoms with Crippen molar-refractivity contribution in [2.75, 3.05) is 0 Å². The Hall–Kier alpha value is -9.92. The molecule has 8 nitrogen and oxygen atoms in total. The van der Waals surface area contributed by atoms with Gasteiger partial charge in [-0.25, -0.2) is 19.9 Å². The number of pyridine rings is 4. The number of hydrogen-bond donors (Lipinski definition) is 0. The van der Waals surface area contributed by atoms with E-state index in [1.54, 1.807) is 0 Å². The molecule has 0 saturated carbocycles. The molecule has 0 bridgehead atoms. The van der Waals surface area contributed by atoms with E-state index in [1.165, 1.54) is 0 Å². The zero-order valence-corrected chi connectivity index (χ0v) is 38.8. The summed E-state index contributed by atoms with van der Waals surface area (Å²) in [6.45, 7) is 0. The van der Waals surface area contributed by atoms with Crippen molar-refractivity contribution in [3.63, 3.8) is 0 Å². The topological polar surface area (TPSA) is 103 Å². The quantitative estimate of drug-likeness (QED) is 0.126. The highest BCUT2D eigenvalue weighted by Crippen LogP contribution is 2.34. The summed E-state index contributed by atoms with van der Waals surface area (Å²) in [5.41, 5.74) is 19.1. The first-order valence-electron chi connectivity index (χ1n) is 23.7. The van der Waals surface area contributed by atoms with E-state index < -0.39 is 0 Å². The van der Waals surface area contributed by atoms with Gasteiger partial charge in [-0.05, 0) is 71.8 Å². The highest BCUT2D eigenvalue weighted by Gasteiger charge is 2.15. The molecule has 6 aromatic carbocycles. The van der Waals surface area contributed by atoms with Gasteiger partial charge in [0.2, 0.25) is 0 Å². The van der Waals surface area contributed by atoms with Crippen molar-refractivity contribution < 1.29 is 0 Å². The summed E-state index contributed by atoms with van der Waals surface area (Å²) in [5, 5.41) is 0. The largest absolute Gasteiger partial charge is 0.256 e. The Balaban J connectivity index is 0.854. The van der Waals surface area contributed by atoms with Crippen LogP contribution in [0, 0.1) is 0 Å². The number of rotatable bonds is 11. The summed E-state index contributed by atoms with van der Waals surface area (Å²) in [4.78, 5) is 38.8. The van der Waals surface area contributed by atoms with Crippen LogP contribution in [-0.2, 0) is 0 Å². The third kappa shape index (κ3) is 9.31. The minimum absolute atomic E-state index is 0.637. The van der Waals surface area contributed by atoms with Crippen LogP contribution in [0.1, 0.15) is 0 Å².